The number of hydrogen-bond acceptors (Lipinski definition) is 4. The van der Waals surface area contributed by atoms with Gasteiger partial charge < -0.3 is 4.74 Å². The summed E-state index contributed by atoms with van der Waals surface area (Å²) in [7, 11) is 1.44. The van der Waals surface area contributed by atoms with Crippen LogP contribution in [0.4, 0.5) is 0 Å². The SMILES string of the molecule is CCC(=CCN1CCN(C2CC2)CC1)C(=O)OC. The Bertz CT molecular complexity index is 316. The Balaban J connectivity index is 1.76. The highest BCUT2D eigenvalue weighted by Crippen LogP contribution is 2.27. The number of carbonyl (C=O) groups is 1. The predicted octanol–water partition coefficient (Wildman–Crippen LogP) is 1.28. The fourth-order valence-electron chi connectivity index (χ4n) is 2.49. The van der Waals surface area contributed by atoms with Crippen molar-refractivity contribution in [1.29, 1.82) is 0 Å². The van der Waals surface area contributed by atoms with Crippen LogP contribution < -0.4 is 0 Å². The van der Waals surface area contributed by atoms with Crippen LogP contribution in [0.25, 0.3) is 0 Å². The molecule has 2 fully saturated rings. The minimum atomic E-state index is -0.186. The molecule has 2 rings (SSSR count). The molecule has 0 atom stereocenters. The number of piperazine rings is 1. The molecule has 0 aromatic carbocycles. The normalized spacial score (nSPS) is 23.1. The number of hydrogen-bond donors (Lipinski definition) is 0. The largest absolute Gasteiger partial charge is 0.466 e. The maximum absolute atomic E-state index is 11.4. The molecule has 102 valence electrons. The van der Waals surface area contributed by atoms with Crippen molar-refractivity contribution >= 4 is 5.97 Å². The number of nitrogens with zero attached hydrogens (tertiary/aromatic N) is 2. The van der Waals surface area contributed by atoms with Crippen molar-refractivity contribution in [2.24, 2.45) is 0 Å². The van der Waals surface area contributed by atoms with Crippen LogP contribution in [0.15, 0.2) is 11.6 Å². The summed E-state index contributed by atoms with van der Waals surface area (Å²) < 4.78 is 4.77. The second-order valence-corrected chi connectivity index (χ2v) is 5.14. The molecule has 0 unspecified atom stereocenters. The number of esters is 1. The Kier molecular flexibility index (Phi) is 4.78. The molecule has 18 heavy (non-hydrogen) atoms. The van der Waals surface area contributed by atoms with E-state index in [1.165, 1.54) is 33.0 Å². The highest BCUT2D eigenvalue weighted by atomic mass is 16.5. The van der Waals surface area contributed by atoms with Crippen LogP contribution in [0.5, 0.6) is 0 Å². The zero-order chi connectivity index (χ0) is 13.0. The molecule has 1 saturated carbocycles. The third-order valence-electron chi connectivity index (χ3n) is 3.89. The third kappa shape index (κ3) is 3.56. The monoisotopic (exact) mass is 252 g/mol. The minimum Gasteiger partial charge on any atom is -0.466 e. The molecule has 1 heterocycles. The van der Waals surface area contributed by atoms with Gasteiger partial charge in [-0.15, -0.1) is 0 Å². The van der Waals surface area contributed by atoms with Crippen molar-refractivity contribution in [2.75, 3.05) is 39.8 Å². The second kappa shape index (κ2) is 6.34. The van der Waals surface area contributed by atoms with E-state index in [0.29, 0.717) is 0 Å². The summed E-state index contributed by atoms with van der Waals surface area (Å²) in [5.74, 6) is -0.186. The van der Waals surface area contributed by atoms with Gasteiger partial charge in [0.1, 0.15) is 0 Å². The number of carbonyl (C=O) groups excluding carboxylic acids is 1. The molecule has 0 spiro atoms. The average molecular weight is 252 g/mol. The van der Waals surface area contributed by atoms with E-state index in [9.17, 15) is 4.79 Å². The van der Waals surface area contributed by atoms with E-state index < -0.39 is 0 Å². The maximum atomic E-state index is 11.4. The summed E-state index contributed by atoms with van der Waals surface area (Å²) in [5, 5.41) is 0. The summed E-state index contributed by atoms with van der Waals surface area (Å²) >= 11 is 0. The fraction of sp³-hybridized carbons (Fsp3) is 0.786. The Morgan fingerprint density at radius 3 is 2.44 bits per heavy atom. The lowest BCUT2D eigenvalue weighted by molar-refractivity contribution is -0.136. The first kappa shape index (κ1) is 13.6. The van der Waals surface area contributed by atoms with Gasteiger partial charge in [-0.1, -0.05) is 13.0 Å². The summed E-state index contributed by atoms with van der Waals surface area (Å²) in [6.45, 7) is 7.46. The molecule has 0 aromatic heterocycles. The summed E-state index contributed by atoms with van der Waals surface area (Å²) in [4.78, 5) is 16.5. The van der Waals surface area contributed by atoms with Crippen molar-refractivity contribution in [3.63, 3.8) is 0 Å². The van der Waals surface area contributed by atoms with Gasteiger partial charge in [0, 0.05) is 44.3 Å². The highest BCUT2D eigenvalue weighted by molar-refractivity contribution is 5.88. The molecule has 0 N–H and O–H groups in total. The van der Waals surface area contributed by atoms with E-state index in [2.05, 4.69) is 9.80 Å². The highest BCUT2D eigenvalue weighted by Gasteiger charge is 2.30. The Hall–Kier alpha value is -0.870. The first-order valence-corrected chi connectivity index (χ1v) is 6.98. The first-order valence-electron chi connectivity index (χ1n) is 6.98. The molecule has 0 amide bonds. The standard InChI is InChI=1S/C14H24N2O2/c1-3-12(14(17)18-2)6-7-15-8-10-16(11-9-15)13-4-5-13/h6,13H,3-5,7-11H2,1-2H3. The van der Waals surface area contributed by atoms with Gasteiger partial charge in [0.15, 0.2) is 0 Å². The van der Waals surface area contributed by atoms with Gasteiger partial charge in [0.05, 0.1) is 7.11 Å². The van der Waals surface area contributed by atoms with Gasteiger partial charge in [-0.3, -0.25) is 9.80 Å². The zero-order valence-electron chi connectivity index (χ0n) is 11.5. The minimum absolute atomic E-state index is 0.186. The Morgan fingerprint density at radius 1 is 1.28 bits per heavy atom. The molecular weight excluding hydrogens is 228 g/mol. The van der Waals surface area contributed by atoms with Gasteiger partial charge in [-0.2, -0.15) is 0 Å². The molecule has 1 aliphatic heterocycles. The Morgan fingerprint density at radius 2 is 1.94 bits per heavy atom. The van der Waals surface area contributed by atoms with E-state index >= 15 is 0 Å². The second-order valence-electron chi connectivity index (χ2n) is 5.14. The third-order valence-corrected chi connectivity index (χ3v) is 3.89. The van der Waals surface area contributed by atoms with E-state index in [0.717, 1.165) is 37.7 Å². The smallest absolute Gasteiger partial charge is 0.333 e. The van der Waals surface area contributed by atoms with Gasteiger partial charge >= 0.3 is 5.97 Å². The van der Waals surface area contributed by atoms with E-state index in [-0.39, 0.29) is 5.97 Å². The van der Waals surface area contributed by atoms with Crippen molar-refractivity contribution in [1.82, 2.24) is 9.80 Å². The molecule has 1 saturated heterocycles. The zero-order valence-corrected chi connectivity index (χ0v) is 11.5. The van der Waals surface area contributed by atoms with Crippen LogP contribution >= 0.6 is 0 Å². The van der Waals surface area contributed by atoms with Crippen LogP contribution in [0.1, 0.15) is 26.2 Å². The van der Waals surface area contributed by atoms with Gasteiger partial charge in [-0.25, -0.2) is 4.79 Å². The van der Waals surface area contributed by atoms with Crippen LogP contribution in [0, 0.1) is 0 Å². The van der Waals surface area contributed by atoms with Crippen LogP contribution in [0.2, 0.25) is 0 Å². The van der Waals surface area contributed by atoms with Crippen LogP contribution in [0.3, 0.4) is 0 Å². The van der Waals surface area contributed by atoms with Crippen molar-refractivity contribution < 1.29 is 9.53 Å². The lowest BCUT2D eigenvalue weighted by atomic mass is 10.2. The molecule has 4 nitrogen and oxygen atoms in total. The summed E-state index contributed by atoms with van der Waals surface area (Å²) in [6, 6.07) is 0.879. The van der Waals surface area contributed by atoms with Crippen molar-refractivity contribution in [3.05, 3.63) is 11.6 Å². The van der Waals surface area contributed by atoms with Crippen LogP contribution in [-0.2, 0) is 9.53 Å². The average Bonchev–Trinajstić information content (AvgIpc) is 3.24. The van der Waals surface area contributed by atoms with Gasteiger partial charge in [0.25, 0.3) is 0 Å². The molecule has 0 bridgehead atoms. The lowest BCUT2D eigenvalue weighted by Crippen LogP contribution is -2.47. The Labute approximate surface area is 110 Å². The first-order chi connectivity index (χ1) is 8.74. The topological polar surface area (TPSA) is 32.8 Å². The molecule has 1 aliphatic carbocycles. The molecular formula is C14H24N2O2. The molecule has 0 radical (unpaired) electrons. The quantitative estimate of drug-likeness (QED) is 0.545. The summed E-state index contributed by atoms with van der Waals surface area (Å²) in [6.07, 6.45) is 5.55. The maximum Gasteiger partial charge on any atom is 0.333 e. The van der Waals surface area contributed by atoms with E-state index in [1.807, 2.05) is 13.0 Å². The van der Waals surface area contributed by atoms with Gasteiger partial charge in [-0.05, 0) is 19.3 Å². The molecule has 2 aliphatic rings. The number of ether oxygens (including phenoxy) is 1. The fourth-order valence-corrected chi connectivity index (χ4v) is 2.49. The number of rotatable bonds is 5. The van der Waals surface area contributed by atoms with E-state index in [1.54, 1.807) is 0 Å². The summed E-state index contributed by atoms with van der Waals surface area (Å²) in [5.41, 5.74) is 0.794. The van der Waals surface area contributed by atoms with Gasteiger partial charge in [0.2, 0.25) is 0 Å². The van der Waals surface area contributed by atoms with E-state index in [4.69, 9.17) is 4.74 Å². The van der Waals surface area contributed by atoms with Crippen molar-refractivity contribution in [3.8, 4) is 0 Å². The lowest BCUT2D eigenvalue weighted by Gasteiger charge is -2.34. The van der Waals surface area contributed by atoms with Crippen molar-refractivity contribution in [2.45, 2.75) is 32.2 Å². The predicted molar refractivity (Wildman–Crippen MR) is 71.4 cm³/mol. The number of methoxy groups -OCH3 is 1. The molecule has 0 aromatic rings. The van der Waals surface area contributed by atoms with Crippen LogP contribution in [-0.4, -0.2) is 61.6 Å². The molecule has 4 heteroatoms.